The van der Waals surface area contributed by atoms with Gasteiger partial charge in [-0.1, -0.05) is 18.2 Å². The normalized spacial score (nSPS) is 17.8. The predicted octanol–water partition coefficient (Wildman–Crippen LogP) is 1.01. The quantitative estimate of drug-likeness (QED) is 0.881. The number of hydrogen-bond donors (Lipinski definition) is 2. The molecule has 6 nitrogen and oxygen atoms in total. The number of fused-ring (bicyclic) bond motifs is 1. The zero-order valence-electron chi connectivity index (χ0n) is 12.1. The van der Waals surface area contributed by atoms with Crippen LogP contribution >= 0.6 is 0 Å². The summed E-state index contributed by atoms with van der Waals surface area (Å²) >= 11 is 0. The SMILES string of the molecule is C[C@@H](CNC(=O)c1n[nH]c2ccccc12)N1CCOCC1. The Bertz CT molecular complexity index is 619. The van der Waals surface area contributed by atoms with Crippen LogP contribution in [0.25, 0.3) is 10.9 Å². The van der Waals surface area contributed by atoms with Crippen LogP contribution in [0.4, 0.5) is 0 Å². The van der Waals surface area contributed by atoms with Crippen LogP contribution in [0, 0.1) is 0 Å². The number of ether oxygens (including phenoxy) is 1. The van der Waals surface area contributed by atoms with Crippen LogP contribution in [-0.4, -0.2) is 59.9 Å². The van der Waals surface area contributed by atoms with Gasteiger partial charge in [-0.2, -0.15) is 5.10 Å². The minimum atomic E-state index is -0.132. The van der Waals surface area contributed by atoms with Crippen LogP contribution in [0.5, 0.6) is 0 Å². The number of hydrogen-bond acceptors (Lipinski definition) is 4. The van der Waals surface area contributed by atoms with E-state index in [4.69, 9.17) is 4.74 Å². The molecule has 2 heterocycles. The van der Waals surface area contributed by atoms with Gasteiger partial charge in [0.25, 0.3) is 5.91 Å². The van der Waals surface area contributed by atoms with E-state index in [2.05, 4.69) is 27.3 Å². The zero-order chi connectivity index (χ0) is 14.7. The highest BCUT2D eigenvalue weighted by atomic mass is 16.5. The maximum absolute atomic E-state index is 12.3. The van der Waals surface area contributed by atoms with E-state index >= 15 is 0 Å². The van der Waals surface area contributed by atoms with Crippen molar-refractivity contribution in [2.45, 2.75) is 13.0 Å². The number of benzene rings is 1. The molecule has 21 heavy (non-hydrogen) atoms. The lowest BCUT2D eigenvalue weighted by Gasteiger charge is -2.32. The van der Waals surface area contributed by atoms with Crippen LogP contribution in [-0.2, 0) is 4.74 Å². The lowest BCUT2D eigenvalue weighted by atomic mass is 10.2. The van der Waals surface area contributed by atoms with Gasteiger partial charge in [0.05, 0.1) is 18.7 Å². The summed E-state index contributed by atoms with van der Waals surface area (Å²) in [5.41, 5.74) is 1.34. The number of carbonyl (C=O) groups is 1. The molecule has 1 aromatic carbocycles. The number of rotatable bonds is 4. The molecule has 1 aliphatic rings. The Morgan fingerprint density at radius 1 is 1.43 bits per heavy atom. The van der Waals surface area contributed by atoms with Gasteiger partial charge >= 0.3 is 0 Å². The molecule has 112 valence electrons. The Hall–Kier alpha value is -1.92. The molecule has 1 saturated heterocycles. The van der Waals surface area contributed by atoms with Gasteiger partial charge in [-0.15, -0.1) is 0 Å². The van der Waals surface area contributed by atoms with E-state index in [0.29, 0.717) is 18.3 Å². The van der Waals surface area contributed by atoms with Gasteiger partial charge in [0.15, 0.2) is 5.69 Å². The Morgan fingerprint density at radius 2 is 2.19 bits per heavy atom. The maximum Gasteiger partial charge on any atom is 0.272 e. The fourth-order valence-electron chi connectivity index (χ4n) is 2.61. The molecule has 1 fully saturated rings. The Labute approximate surface area is 123 Å². The molecular formula is C15H20N4O2. The number of carbonyl (C=O) groups excluding carboxylic acids is 1. The third-order valence-electron chi connectivity index (χ3n) is 3.91. The van der Waals surface area contributed by atoms with Gasteiger partial charge in [-0.3, -0.25) is 14.8 Å². The fraction of sp³-hybridized carbons (Fsp3) is 0.467. The first kappa shape index (κ1) is 14.0. The molecule has 3 rings (SSSR count). The fourth-order valence-corrected chi connectivity index (χ4v) is 2.61. The highest BCUT2D eigenvalue weighted by Gasteiger charge is 2.19. The largest absolute Gasteiger partial charge is 0.379 e. The molecule has 1 amide bonds. The summed E-state index contributed by atoms with van der Waals surface area (Å²) in [5, 5.41) is 10.8. The van der Waals surface area contributed by atoms with E-state index in [0.717, 1.165) is 37.2 Å². The van der Waals surface area contributed by atoms with Crippen molar-refractivity contribution in [3.8, 4) is 0 Å². The van der Waals surface area contributed by atoms with Gasteiger partial charge in [-0.05, 0) is 13.0 Å². The average Bonchev–Trinajstić information content (AvgIpc) is 2.97. The second-order valence-corrected chi connectivity index (χ2v) is 5.33. The average molecular weight is 288 g/mol. The smallest absolute Gasteiger partial charge is 0.272 e. The van der Waals surface area contributed by atoms with Gasteiger partial charge < -0.3 is 10.1 Å². The van der Waals surface area contributed by atoms with Crippen LogP contribution in [0.3, 0.4) is 0 Å². The first-order valence-corrected chi connectivity index (χ1v) is 7.29. The summed E-state index contributed by atoms with van der Waals surface area (Å²) in [6, 6.07) is 7.94. The lowest BCUT2D eigenvalue weighted by molar-refractivity contribution is 0.0204. The van der Waals surface area contributed by atoms with Crippen molar-refractivity contribution in [2.75, 3.05) is 32.8 Å². The van der Waals surface area contributed by atoms with Gasteiger partial charge in [0.1, 0.15) is 0 Å². The highest BCUT2D eigenvalue weighted by molar-refractivity contribution is 6.04. The monoisotopic (exact) mass is 288 g/mol. The van der Waals surface area contributed by atoms with Crippen molar-refractivity contribution >= 4 is 16.8 Å². The van der Waals surface area contributed by atoms with E-state index < -0.39 is 0 Å². The van der Waals surface area contributed by atoms with E-state index in [1.807, 2.05) is 24.3 Å². The van der Waals surface area contributed by atoms with Gasteiger partial charge in [0, 0.05) is 31.1 Å². The van der Waals surface area contributed by atoms with Crippen molar-refractivity contribution in [3.63, 3.8) is 0 Å². The zero-order valence-corrected chi connectivity index (χ0v) is 12.1. The first-order valence-electron chi connectivity index (χ1n) is 7.29. The molecule has 1 aliphatic heterocycles. The third-order valence-corrected chi connectivity index (χ3v) is 3.91. The predicted molar refractivity (Wildman–Crippen MR) is 80.3 cm³/mol. The number of para-hydroxylation sites is 1. The second-order valence-electron chi connectivity index (χ2n) is 5.33. The van der Waals surface area contributed by atoms with Crippen molar-refractivity contribution in [1.29, 1.82) is 0 Å². The van der Waals surface area contributed by atoms with Crippen LogP contribution in [0.15, 0.2) is 24.3 Å². The van der Waals surface area contributed by atoms with Gasteiger partial charge in [0.2, 0.25) is 0 Å². The summed E-state index contributed by atoms with van der Waals surface area (Å²) in [6.07, 6.45) is 0. The van der Waals surface area contributed by atoms with Crippen molar-refractivity contribution in [2.24, 2.45) is 0 Å². The molecule has 0 aliphatic carbocycles. The molecule has 2 aromatic rings. The summed E-state index contributed by atoms with van der Waals surface area (Å²) < 4.78 is 5.34. The summed E-state index contributed by atoms with van der Waals surface area (Å²) in [4.78, 5) is 14.6. The minimum absolute atomic E-state index is 0.132. The van der Waals surface area contributed by atoms with Crippen LogP contribution in [0.2, 0.25) is 0 Å². The molecule has 0 saturated carbocycles. The number of nitrogens with one attached hydrogen (secondary N) is 2. The molecule has 0 spiro atoms. The summed E-state index contributed by atoms with van der Waals surface area (Å²) in [6.45, 7) is 6.10. The van der Waals surface area contributed by atoms with Crippen molar-refractivity contribution in [1.82, 2.24) is 20.4 Å². The number of aromatic amines is 1. The van der Waals surface area contributed by atoms with E-state index in [1.54, 1.807) is 0 Å². The molecule has 1 atom stereocenters. The summed E-state index contributed by atoms with van der Waals surface area (Å²) in [5.74, 6) is -0.132. The number of nitrogens with zero attached hydrogens (tertiary/aromatic N) is 2. The third kappa shape index (κ3) is 3.06. The number of H-pyrrole nitrogens is 1. The van der Waals surface area contributed by atoms with Gasteiger partial charge in [-0.25, -0.2) is 0 Å². The molecule has 0 unspecified atom stereocenters. The number of morpholine rings is 1. The lowest BCUT2D eigenvalue weighted by Crippen LogP contribution is -2.47. The Kier molecular flexibility index (Phi) is 4.17. The topological polar surface area (TPSA) is 70.2 Å². The standard InChI is InChI=1S/C15H20N4O2/c1-11(19-6-8-21-9-7-19)10-16-15(20)14-12-4-2-3-5-13(12)17-18-14/h2-5,11H,6-10H2,1H3,(H,16,20)(H,17,18)/t11-/m0/s1. The van der Waals surface area contributed by atoms with Crippen LogP contribution < -0.4 is 5.32 Å². The molecule has 2 N–H and O–H groups in total. The van der Waals surface area contributed by atoms with Crippen LogP contribution in [0.1, 0.15) is 17.4 Å². The Balaban J connectivity index is 1.61. The maximum atomic E-state index is 12.3. The van der Waals surface area contributed by atoms with Crippen molar-refractivity contribution < 1.29 is 9.53 Å². The van der Waals surface area contributed by atoms with E-state index in [1.165, 1.54) is 0 Å². The summed E-state index contributed by atoms with van der Waals surface area (Å²) in [7, 11) is 0. The van der Waals surface area contributed by atoms with E-state index in [9.17, 15) is 4.79 Å². The molecule has 0 bridgehead atoms. The molecule has 0 radical (unpaired) electrons. The minimum Gasteiger partial charge on any atom is -0.379 e. The Morgan fingerprint density at radius 3 is 3.00 bits per heavy atom. The number of aromatic nitrogens is 2. The number of amides is 1. The molecular weight excluding hydrogens is 268 g/mol. The van der Waals surface area contributed by atoms with E-state index in [-0.39, 0.29) is 5.91 Å². The second kappa shape index (κ2) is 6.24. The first-order chi connectivity index (χ1) is 10.3. The van der Waals surface area contributed by atoms with Crippen molar-refractivity contribution in [3.05, 3.63) is 30.0 Å². The molecule has 1 aromatic heterocycles. The highest BCUT2D eigenvalue weighted by Crippen LogP contribution is 2.14. The molecule has 6 heteroatoms.